The second kappa shape index (κ2) is 14.3. The molecule has 0 spiro atoms. The van der Waals surface area contributed by atoms with Crippen LogP contribution in [0.25, 0.3) is 0 Å². The molecule has 0 aromatic heterocycles. The van der Waals surface area contributed by atoms with E-state index in [1.54, 1.807) is 0 Å². The predicted octanol–water partition coefficient (Wildman–Crippen LogP) is 0.334. The Morgan fingerprint density at radius 2 is 1.62 bits per heavy atom. The van der Waals surface area contributed by atoms with Gasteiger partial charge in [-0.1, -0.05) is 39.0 Å². The van der Waals surface area contributed by atoms with Crippen LogP contribution in [0.1, 0.15) is 51.9 Å². The monoisotopic (exact) mass is 168 g/mol. The van der Waals surface area contributed by atoms with Gasteiger partial charge in [0.1, 0.15) is 0 Å². The summed E-state index contributed by atoms with van der Waals surface area (Å²) in [5.74, 6) is 7.46. The van der Waals surface area contributed by atoms with Crippen molar-refractivity contribution in [3.8, 4) is 17.8 Å². The maximum absolute atomic E-state index is 6.55. The molecule has 0 fully saturated rings. The first-order valence-corrected chi connectivity index (χ1v) is 4.81. The van der Waals surface area contributed by atoms with Crippen LogP contribution in [-0.4, -0.2) is 0 Å². The van der Waals surface area contributed by atoms with Crippen molar-refractivity contribution in [1.82, 2.24) is 0 Å². The van der Waals surface area contributed by atoms with Crippen LogP contribution in [0, 0.1) is 24.2 Å². The fourth-order valence-electron chi connectivity index (χ4n) is 1.10. The number of unbranched alkanes of at least 4 members (excludes halogenated alkanes) is 6. The van der Waals surface area contributed by atoms with Gasteiger partial charge in [-0.25, -0.2) is 5.92 Å². The third-order valence-electron chi connectivity index (χ3n) is 1.81. The number of hydrogen-bond donors (Lipinski definition) is 0. The maximum Gasteiger partial charge on any atom is 1.00 e. The zero-order chi connectivity index (χ0) is 9.07. The van der Waals surface area contributed by atoms with E-state index in [4.69, 9.17) is 6.42 Å². The Hall–Kier alpha value is -0.283. The Morgan fingerprint density at radius 3 is 2.23 bits per heavy atom. The maximum atomic E-state index is 6.55. The predicted molar refractivity (Wildman–Crippen MR) is 52.9 cm³/mol. The van der Waals surface area contributed by atoms with Gasteiger partial charge < -0.3 is 6.42 Å². The molecular formula is C12H17Li. The molecule has 0 radical (unpaired) electrons. The summed E-state index contributed by atoms with van der Waals surface area (Å²) in [5.41, 5.74) is 0. The van der Waals surface area contributed by atoms with Crippen LogP contribution in [0.15, 0.2) is 0 Å². The van der Waals surface area contributed by atoms with Gasteiger partial charge in [0.25, 0.3) is 0 Å². The first-order chi connectivity index (χ1) is 5.91. The Morgan fingerprint density at radius 1 is 1.00 bits per heavy atom. The van der Waals surface area contributed by atoms with Gasteiger partial charge in [-0.3, -0.25) is 11.8 Å². The molecule has 0 nitrogen and oxygen atoms in total. The summed E-state index contributed by atoms with van der Waals surface area (Å²) >= 11 is 0. The van der Waals surface area contributed by atoms with Gasteiger partial charge in [-0.15, -0.1) is 0 Å². The van der Waals surface area contributed by atoms with Crippen LogP contribution in [0.5, 0.6) is 0 Å². The molecule has 0 bridgehead atoms. The van der Waals surface area contributed by atoms with Gasteiger partial charge >= 0.3 is 18.9 Å². The number of hydrogen-bond acceptors (Lipinski definition) is 0. The number of rotatable bonds is 6. The van der Waals surface area contributed by atoms with E-state index < -0.39 is 0 Å². The van der Waals surface area contributed by atoms with E-state index in [2.05, 4.69) is 24.7 Å². The fourth-order valence-corrected chi connectivity index (χ4v) is 1.10. The fraction of sp³-hybridized carbons (Fsp3) is 0.667. The van der Waals surface area contributed by atoms with Crippen LogP contribution in [0.3, 0.4) is 0 Å². The van der Waals surface area contributed by atoms with Gasteiger partial charge in [-0.2, -0.15) is 0 Å². The minimum Gasteiger partial charge on any atom is -0.358 e. The van der Waals surface area contributed by atoms with Gasteiger partial charge in [-0.05, 0) is 12.8 Å². The van der Waals surface area contributed by atoms with Crippen LogP contribution in [0.4, 0.5) is 0 Å². The van der Waals surface area contributed by atoms with Crippen molar-refractivity contribution in [2.45, 2.75) is 51.9 Å². The molecule has 0 aliphatic heterocycles. The minimum atomic E-state index is 0. The van der Waals surface area contributed by atoms with E-state index in [-0.39, 0.29) is 18.9 Å². The summed E-state index contributed by atoms with van der Waals surface area (Å²) in [6, 6.07) is 0. The standard InChI is InChI=1S/C12H17.Li/c1-3-5-7-9-11-12-10-8-6-4-2;/h3,5,7,9-12H2,1H3;/q-1;+1. The molecule has 0 N–H and O–H groups in total. The third kappa shape index (κ3) is 14.6. The van der Waals surface area contributed by atoms with E-state index >= 15 is 0 Å². The van der Waals surface area contributed by atoms with Crippen molar-refractivity contribution >= 4 is 0 Å². The molecule has 0 aliphatic carbocycles. The Balaban J connectivity index is 0. The summed E-state index contributed by atoms with van der Waals surface area (Å²) in [6.45, 7) is 2.23. The molecule has 0 atom stereocenters. The average Bonchev–Trinajstić information content (AvgIpc) is 2.10. The van der Waals surface area contributed by atoms with Gasteiger partial charge in [0.15, 0.2) is 0 Å². The SMILES string of the molecule is [C-]#CC#CCCCCCCCC.[Li+]. The molecule has 0 aromatic carbocycles. The summed E-state index contributed by atoms with van der Waals surface area (Å²) in [5, 5.41) is 0. The molecule has 0 heterocycles. The van der Waals surface area contributed by atoms with Crippen molar-refractivity contribution in [2.75, 3.05) is 0 Å². The molecule has 0 aromatic rings. The topological polar surface area (TPSA) is 0 Å². The molecule has 0 aliphatic rings. The average molecular weight is 168 g/mol. The van der Waals surface area contributed by atoms with E-state index in [9.17, 15) is 0 Å². The Kier molecular flexibility index (Phi) is 16.7. The van der Waals surface area contributed by atoms with Gasteiger partial charge in [0.05, 0.1) is 0 Å². The summed E-state index contributed by atoms with van der Waals surface area (Å²) < 4.78 is 0. The Labute approximate surface area is 95.0 Å². The molecule has 13 heavy (non-hydrogen) atoms. The molecule has 0 rings (SSSR count). The van der Waals surface area contributed by atoms with Crippen LogP contribution in [-0.2, 0) is 0 Å². The first kappa shape index (κ1) is 15.2. The Bertz CT molecular complexity index is 178. The molecule has 66 valence electrons. The van der Waals surface area contributed by atoms with Crippen LogP contribution >= 0.6 is 0 Å². The quantitative estimate of drug-likeness (QED) is 0.232. The van der Waals surface area contributed by atoms with E-state index in [0.29, 0.717) is 0 Å². The third-order valence-corrected chi connectivity index (χ3v) is 1.81. The van der Waals surface area contributed by atoms with Crippen molar-refractivity contribution < 1.29 is 18.9 Å². The molecule has 0 amide bonds. The smallest absolute Gasteiger partial charge is 0.358 e. The summed E-state index contributed by atoms with van der Waals surface area (Å²) in [7, 11) is 0. The minimum absolute atomic E-state index is 0. The van der Waals surface area contributed by atoms with Crippen molar-refractivity contribution in [3.63, 3.8) is 0 Å². The van der Waals surface area contributed by atoms with Crippen molar-refractivity contribution in [2.24, 2.45) is 0 Å². The molecule has 0 unspecified atom stereocenters. The molecule has 0 saturated carbocycles. The van der Waals surface area contributed by atoms with Crippen LogP contribution < -0.4 is 18.9 Å². The van der Waals surface area contributed by atoms with Gasteiger partial charge in [0, 0.05) is 0 Å². The molecule has 0 saturated heterocycles. The van der Waals surface area contributed by atoms with E-state index in [1.165, 1.54) is 38.5 Å². The zero-order valence-corrected chi connectivity index (χ0v) is 8.95. The van der Waals surface area contributed by atoms with E-state index in [0.717, 1.165) is 6.42 Å². The van der Waals surface area contributed by atoms with E-state index in [1.807, 2.05) is 0 Å². The van der Waals surface area contributed by atoms with Crippen molar-refractivity contribution in [1.29, 1.82) is 0 Å². The van der Waals surface area contributed by atoms with Crippen LogP contribution in [0.2, 0.25) is 0 Å². The summed E-state index contributed by atoms with van der Waals surface area (Å²) in [4.78, 5) is 0. The first-order valence-electron chi connectivity index (χ1n) is 4.81. The second-order valence-corrected chi connectivity index (χ2v) is 2.94. The zero-order valence-electron chi connectivity index (χ0n) is 8.95. The van der Waals surface area contributed by atoms with Crippen molar-refractivity contribution in [3.05, 3.63) is 6.42 Å². The largest absolute Gasteiger partial charge is 1.00 e. The second-order valence-electron chi connectivity index (χ2n) is 2.94. The molecular weight excluding hydrogens is 151 g/mol. The molecule has 1 heteroatoms. The van der Waals surface area contributed by atoms with Gasteiger partial charge in [0.2, 0.25) is 0 Å². The normalized spacial score (nSPS) is 7.69. The summed E-state index contributed by atoms with van der Waals surface area (Å²) in [6.07, 6.45) is 15.3.